The fourth-order valence-corrected chi connectivity index (χ4v) is 4.21. The van der Waals surface area contributed by atoms with Crippen molar-refractivity contribution in [3.8, 4) is 0 Å². The molecule has 0 saturated carbocycles. The van der Waals surface area contributed by atoms with Gasteiger partial charge < -0.3 is 10.6 Å². The Morgan fingerprint density at radius 3 is 2.69 bits per heavy atom. The molecule has 0 bridgehead atoms. The van der Waals surface area contributed by atoms with E-state index in [1.165, 1.54) is 9.75 Å². The molecular weight excluding hydrogens is 348 g/mol. The Labute approximate surface area is 157 Å². The number of aryl methyl sites for hydroxylation is 1. The fourth-order valence-electron chi connectivity index (χ4n) is 3.29. The second kappa shape index (κ2) is 8.42. The van der Waals surface area contributed by atoms with Gasteiger partial charge in [-0.05, 0) is 44.5 Å². The molecule has 0 spiro atoms. The number of thiophene rings is 1. The molecule has 1 fully saturated rings. The first-order valence-corrected chi connectivity index (χ1v) is 9.66. The normalized spacial score (nSPS) is 20.1. The van der Waals surface area contributed by atoms with Gasteiger partial charge in [0.25, 0.3) is 5.91 Å². The van der Waals surface area contributed by atoms with E-state index in [1.54, 1.807) is 35.9 Å². The van der Waals surface area contributed by atoms with Gasteiger partial charge in [0.15, 0.2) is 0 Å². The highest BCUT2D eigenvalue weighted by atomic mass is 32.1. The number of carbonyl (C=O) groups excluding carboxylic acids is 2. The standard InChI is InChI=1S/C19H24N4O2S/c1-3-21-19(25)17-10-15(22-18(24)14-6-8-20-9-7-14)11-23(17)12-16-5-4-13(2)26-16/h4-9,15,17H,3,10-12H2,1-2H3,(H,21,25)(H,22,24)/t15-,17+/m1/s1. The van der Waals surface area contributed by atoms with Crippen molar-refractivity contribution in [2.24, 2.45) is 0 Å². The molecule has 1 saturated heterocycles. The molecule has 1 aliphatic rings. The van der Waals surface area contributed by atoms with E-state index in [2.05, 4.69) is 39.6 Å². The summed E-state index contributed by atoms with van der Waals surface area (Å²) < 4.78 is 0. The number of nitrogens with one attached hydrogen (secondary N) is 2. The third-order valence-corrected chi connectivity index (χ3v) is 5.48. The Morgan fingerprint density at radius 1 is 1.27 bits per heavy atom. The van der Waals surface area contributed by atoms with Crippen molar-refractivity contribution in [3.63, 3.8) is 0 Å². The quantitative estimate of drug-likeness (QED) is 0.813. The number of likely N-dealkylation sites (tertiary alicyclic amines) is 1. The Kier molecular flexibility index (Phi) is 6.00. The van der Waals surface area contributed by atoms with Gasteiger partial charge in [0.05, 0.1) is 6.04 Å². The highest BCUT2D eigenvalue weighted by molar-refractivity contribution is 7.11. The van der Waals surface area contributed by atoms with Gasteiger partial charge in [-0.2, -0.15) is 0 Å². The number of pyridine rings is 1. The summed E-state index contributed by atoms with van der Waals surface area (Å²) in [5.74, 6) is -0.0951. The first kappa shape index (κ1) is 18.5. The topological polar surface area (TPSA) is 74.3 Å². The summed E-state index contributed by atoms with van der Waals surface area (Å²) in [5, 5.41) is 5.97. The molecule has 2 aromatic heterocycles. The van der Waals surface area contributed by atoms with Gasteiger partial charge >= 0.3 is 0 Å². The van der Waals surface area contributed by atoms with Crippen LogP contribution in [0, 0.1) is 6.92 Å². The van der Waals surface area contributed by atoms with Gasteiger partial charge in [0.2, 0.25) is 5.91 Å². The van der Waals surface area contributed by atoms with Gasteiger partial charge in [-0.3, -0.25) is 19.5 Å². The molecule has 0 aromatic carbocycles. The van der Waals surface area contributed by atoms with Crippen LogP contribution < -0.4 is 10.6 Å². The Balaban J connectivity index is 1.68. The number of rotatable bonds is 6. The molecule has 6 nitrogen and oxygen atoms in total. The predicted molar refractivity (Wildman–Crippen MR) is 102 cm³/mol. The van der Waals surface area contributed by atoms with Crippen molar-refractivity contribution in [3.05, 3.63) is 52.0 Å². The third-order valence-electron chi connectivity index (χ3n) is 4.49. The number of hydrogen-bond donors (Lipinski definition) is 2. The summed E-state index contributed by atoms with van der Waals surface area (Å²) in [6.07, 6.45) is 3.83. The minimum Gasteiger partial charge on any atom is -0.355 e. The first-order valence-electron chi connectivity index (χ1n) is 8.84. The van der Waals surface area contributed by atoms with Crippen molar-refractivity contribution in [1.29, 1.82) is 0 Å². The van der Waals surface area contributed by atoms with Gasteiger partial charge in [0.1, 0.15) is 0 Å². The maximum absolute atomic E-state index is 12.5. The van der Waals surface area contributed by atoms with Gasteiger partial charge in [-0.15, -0.1) is 11.3 Å². The molecule has 138 valence electrons. The predicted octanol–water partition coefficient (Wildman–Crippen LogP) is 1.96. The lowest BCUT2D eigenvalue weighted by molar-refractivity contribution is -0.125. The third kappa shape index (κ3) is 4.47. The van der Waals surface area contributed by atoms with Crippen LogP contribution in [0.3, 0.4) is 0 Å². The zero-order valence-electron chi connectivity index (χ0n) is 15.1. The SMILES string of the molecule is CCNC(=O)[C@@H]1C[C@@H](NC(=O)c2ccncc2)CN1Cc1ccc(C)s1. The van der Waals surface area contributed by atoms with Crippen LogP contribution in [0.15, 0.2) is 36.7 Å². The summed E-state index contributed by atoms with van der Waals surface area (Å²) in [6.45, 7) is 5.99. The van der Waals surface area contributed by atoms with Crippen LogP contribution in [0.5, 0.6) is 0 Å². The van der Waals surface area contributed by atoms with E-state index in [0.717, 1.165) is 6.54 Å². The maximum atomic E-state index is 12.5. The highest BCUT2D eigenvalue weighted by Crippen LogP contribution is 2.24. The minimum atomic E-state index is -0.222. The molecule has 2 N–H and O–H groups in total. The second-order valence-electron chi connectivity index (χ2n) is 6.49. The molecule has 7 heteroatoms. The van der Waals surface area contributed by atoms with E-state index in [1.807, 2.05) is 6.92 Å². The van der Waals surface area contributed by atoms with Crippen molar-refractivity contribution >= 4 is 23.2 Å². The molecule has 0 aliphatic carbocycles. The van der Waals surface area contributed by atoms with Crippen LogP contribution in [-0.4, -0.2) is 46.9 Å². The van der Waals surface area contributed by atoms with Crippen LogP contribution in [0.25, 0.3) is 0 Å². The van der Waals surface area contributed by atoms with Gasteiger partial charge in [0, 0.05) is 53.4 Å². The molecule has 2 aromatic rings. The van der Waals surface area contributed by atoms with E-state index < -0.39 is 0 Å². The second-order valence-corrected chi connectivity index (χ2v) is 7.87. The molecule has 3 heterocycles. The van der Waals surface area contributed by atoms with Crippen LogP contribution >= 0.6 is 11.3 Å². The number of likely N-dealkylation sites (N-methyl/N-ethyl adjacent to an activating group) is 1. The Bertz CT molecular complexity index is 762. The van der Waals surface area contributed by atoms with Crippen molar-refractivity contribution < 1.29 is 9.59 Å². The Hall–Kier alpha value is -2.25. The van der Waals surface area contributed by atoms with E-state index >= 15 is 0 Å². The average molecular weight is 372 g/mol. The van der Waals surface area contributed by atoms with Crippen LogP contribution in [-0.2, 0) is 11.3 Å². The van der Waals surface area contributed by atoms with Crippen molar-refractivity contribution in [2.75, 3.05) is 13.1 Å². The van der Waals surface area contributed by atoms with E-state index in [9.17, 15) is 9.59 Å². The van der Waals surface area contributed by atoms with Gasteiger partial charge in [-0.1, -0.05) is 0 Å². The van der Waals surface area contributed by atoms with Crippen LogP contribution in [0.4, 0.5) is 0 Å². The lowest BCUT2D eigenvalue weighted by Crippen LogP contribution is -2.42. The van der Waals surface area contributed by atoms with Crippen LogP contribution in [0.1, 0.15) is 33.5 Å². The average Bonchev–Trinajstić information content (AvgIpc) is 3.22. The lowest BCUT2D eigenvalue weighted by atomic mass is 10.1. The van der Waals surface area contributed by atoms with Crippen LogP contribution in [0.2, 0.25) is 0 Å². The fraction of sp³-hybridized carbons (Fsp3) is 0.421. The Morgan fingerprint density at radius 2 is 2.04 bits per heavy atom. The number of carbonyl (C=O) groups is 2. The monoisotopic (exact) mass is 372 g/mol. The zero-order chi connectivity index (χ0) is 18.5. The minimum absolute atomic E-state index is 0.0291. The molecule has 1 aliphatic heterocycles. The molecular formula is C19H24N4O2S. The summed E-state index contributed by atoms with van der Waals surface area (Å²) in [7, 11) is 0. The van der Waals surface area contributed by atoms with E-state index in [4.69, 9.17) is 0 Å². The molecule has 2 atom stereocenters. The van der Waals surface area contributed by atoms with E-state index in [-0.39, 0.29) is 23.9 Å². The molecule has 2 amide bonds. The summed E-state index contributed by atoms with van der Waals surface area (Å²) in [4.78, 5) is 33.5. The largest absolute Gasteiger partial charge is 0.355 e. The van der Waals surface area contributed by atoms with Crippen molar-refractivity contribution in [2.45, 2.75) is 38.9 Å². The van der Waals surface area contributed by atoms with Gasteiger partial charge in [-0.25, -0.2) is 0 Å². The summed E-state index contributed by atoms with van der Waals surface area (Å²) in [5.41, 5.74) is 0.585. The summed E-state index contributed by atoms with van der Waals surface area (Å²) in [6, 6.07) is 7.32. The smallest absolute Gasteiger partial charge is 0.251 e. The van der Waals surface area contributed by atoms with E-state index in [0.29, 0.717) is 25.1 Å². The maximum Gasteiger partial charge on any atom is 0.251 e. The first-order chi connectivity index (χ1) is 12.6. The number of aromatic nitrogens is 1. The highest BCUT2D eigenvalue weighted by Gasteiger charge is 2.37. The summed E-state index contributed by atoms with van der Waals surface area (Å²) >= 11 is 1.75. The molecule has 0 radical (unpaired) electrons. The zero-order valence-corrected chi connectivity index (χ0v) is 15.9. The molecule has 0 unspecified atom stereocenters. The molecule has 3 rings (SSSR count). The van der Waals surface area contributed by atoms with Crippen molar-refractivity contribution in [1.82, 2.24) is 20.5 Å². The molecule has 26 heavy (non-hydrogen) atoms. The lowest BCUT2D eigenvalue weighted by Gasteiger charge is -2.22. The number of nitrogens with zero attached hydrogens (tertiary/aromatic N) is 2. The number of hydrogen-bond acceptors (Lipinski definition) is 5. The number of amides is 2.